The van der Waals surface area contributed by atoms with Crippen molar-refractivity contribution in [2.45, 2.75) is 152 Å². The number of ether oxygens (including phenoxy) is 4. The van der Waals surface area contributed by atoms with E-state index in [1.807, 2.05) is 60.0 Å². The third-order valence-electron chi connectivity index (χ3n) is 26.2. The molecule has 4 aliphatic carbocycles. The zero-order valence-corrected chi connectivity index (χ0v) is 65.3. The Labute approximate surface area is 628 Å². The highest BCUT2D eigenvalue weighted by Crippen LogP contribution is 2.51. The molecular formula is C81H112Cl2N8O11S2. The standard InChI is InChI=1S/C41H57ClN4O5S.C40H55ClN4O6S/c1-28-7-5-8-32(23-44-17-18-45(19-20-50-3)39(47)25-44)35-13-10-33(35)24-46-26-41(16-6-9-30-21-34(42)12-14-36(30)41)27-51-38-15-11-31(22-37(38)46)40(48)43-52(4,49)29(28)2;1-27-6-4-7-31(22-43-16-17-44(18-19-50-3)38(46)24-43)34-12-9-32(34)23-45-25-40(15-5-8-29-20-33(41)11-13-35(29)40)26-51-37-14-10-30(21-36(37)45)39(47)42-52(48,49)28(27)2/h11-12,14-15,21-22,28-29,32-33,35H,4-10,13,16-20,23-27H2,1-3H3,(H,43,48,49);10-11,13-14,20-21,27-28,31-32,34H,4-9,12,15-19,22-26H2,1-3H3,(H,42,47)/t28-,29+,32-,33-,35-,41-,52?;27-,28+,31+,32-,34-,40-/m00/s1. The summed E-state index contributed by atoms with van der Waals surface area (Å²) in [5, 5.41) is 0.505. The zero-order chi connectivity index (χ0) is 73.2. The number of carbonyl (C=O) groups excluding carboxylic acids is 4. The number of anilines is 2. The fourth-order valence-corrected chi connectivity index (χ4v) is 22.6. The smallest absolute Gasteiger partial charge is 0.264 e. The number of carbonyl (C=O) groups is 4. The maximum absolute atomic E-state index is 14.0. The van der Waals surface area contributed by atoms with Crippen LogP contribution in [0.2, 0.25) is 10.0 Å². The number of hydrogen-bond donors (Lipinski definition) is 2. The second-order valence-corrected chi connectivity index (χ2v) is 38.0. The Morgan fingerprint density at radius 2 is 1.00 bits per heavy atom. The van der Waals surface area contributed by atoms with Gasteiger partial charge in [-0.15, -0.1) is 0 Å². The number of amides is 4. The van der Waals surface area contributed by atoms with Crippen molar-refractivity contribution in [2.24, 2.45) is 47.3 Å². The Hall–Kier alpha value is -5.65. The summed E-state index contributed by atoms with van der Waals surface area (Å²) in [6.45, 7) is 20.3. The molecule has 10 aliphatic rings. The third kappa shape index (κ3) is 16.8. The van der Waals surface area contributed by atoms with Crippen molar-refractivity contribution < 1.29 is 50.8 Å². The number of halogens is 2. The van der Waals surface area contributed by atoms with E-state index in [0.717, 1.165) is 188 Å². The normalized spacial score (nSPS) is 32.0. The van der Waals surface area contributed by atoms with E-state index in [0.29, 0.717) is 106 Å². The lowest BCUT2D eigenvalue weighted by Gasteiger charge is -2.48. The van der Waals surface area contributed by atoms with Gasteiger partial charge in [0.2, 0.25) is 21.8 Å². The highest BCUT2D eigenvalue weighted by Gasteiger charge is 2.48. The van der Waals surface area contributed by atoms with Crippen molar-refractivity contribution in [1.29, 1.82) is 0 Å². The molecule has 568 valence electrons. The van der Waals surface area contributed by atoms with E-state index >= 15 is 0 Å². The van der Waals surface area contributed by atoms with Crippen molar-refractivity contribution in [3.63, 3.8) is 0 Å². The summed E-state index contributed by atoms with van der Waals surface area (Å²) < 4.78 is 70.2. The van der Waals surface area contributed by atoms with Crippen LogP contribution in [0.4, 0.5) is 11.4 Å². The second-order valence-electron chi connectivity index (χ2n) is 32.7. The van der Waals surface area contributed by atoms with Crippen LogP contribution in [-0.2, 0) is 62.5 Å². The first-order chi connectivity index (χ1) is 49.9. The van der Waals surface area contributed by atoms with Crippen LogP contribution in [0.5, 0.6) is 11.5 Å². The van der Waals surface area contributed by atoms with E-state index in [-0.39, 0.29) is 45.6 Å². The Kier molecular flexibility index (Phi) is 24.0. The molecule has 1 unspecified atom stereocenters. The lowest BCUT2D eigenvalue weighted by Crippen LogP contribution is -2.53. The van der Waals surface area contributed by atoms with E-state index in [2.05, 4.69) is 66.1 Å². The van der Waals surface area contributed by atoms with Gasteiger partial charge in [-0.25, -0.2) is 17.3 Å². The third-order valence-corrected chi connectivity index (χ3v) is 30.8. The molecule has 13 atom stereocenters. The number of methoxy groups -OCH3 is 2. The van der Waals surface area contributed by atoms with Gasteiger partial charge in [0, 0.05) is 130 Å². The monoisotopic (exact) mass is 1510 g/mol. The van der Waals surface area contributed by atoms with Gasteiger partial charge in [0.1, 0.15) is 11.5 Å². The first-order valence-corrected chi connectivity index (χ1v) is 42.9. The minimum atomic E-state index is -3.91. The molecular weight excluding hydrogens is 1400 g/mol. The van der Waals surface area contributed by atoms with Crippen LogP contribution in [0, 0.1) is 47.3 Å². The Morgan fingerprint density at radius 3 is 1.43 bits per heavy atom. The second kappa shape index (κ2) is 32.7. The fraction of sp³-hybridized carbons (Fsp3) is 0.642. The largest absolute Gasteiger partial charge is 0.490 e. The lowest BCUT2D eigenvalue weighted by molar-refractivity contribution is -0.138. The van der Waals surface area contributed by atoms with Crippen molar-refractivity contribution >= 4 is 83.8 Å². The van der Waals surface area contributed by atoms with Gasteiger partial charge in [0.05, 0.1) is 65.8 Å². The predicted molar refractivity (Wildman–Crippen MR) is 414 cm³/mol. The molecule has 4 bridgehead atoms. The average molecular weight is 1510 g/mol. The van der Waals surface area contributed by atoms with E-state index < -0.39 is 30.9 Å². The molecule has 19 nitrogen and oxygen atoms in total. The van der Waals surface area contributed by atoms with Gasteiger partial charge in [-0.3, -0.25) is 33.7 Å². The van der Waals surface area contributed by atoms with Crippen LogP contribution >= 0.6 is 23.2 Å². The number of rotatable bonds is 10. The van der Waals surface area contributed by atoms with Crippen LogP contribution in [0.3, 0.4) is 0 Å². The number of nitrogens with zero attached hydrogens (tertiary/aromatic N) is 6. The van der Waals surface area contributed by atoms with E-state index in [1.165, 1.54) is 28.7 Å². The quantitative estimate of drug-likeness (QED) is 0.142. The summed E-state index contributed by atoms with van der Waals surface area (Å²) in [5.41, 5.74) is 7.26. The van der Waals surface area contributed by atoms with E-state index in [4.69, 9.17) is 42.1 Å². The number of hydrogen-bond acceptors (Lipinski definition) is 15. The average Bonchev–Trinajstić information content (AvgIpc) is 1.60. The van der Waals surface area contributed by atoms with Crippen molar-refractivity contribution in [2.75, 3.05) is 142 Å². The molecule has 104 heavy (non-hydrogen) atoms. The Morgan fingerprint density at radius 1 is 0.548 bits per heavy atom. The van der Waals surface area contributed by atoms with E-state index in [1.54, 1.807) is 33.3 Å². The molecule has 4 aromatic carbocycles. The molecule has 2 spiro atoms. The fourth-order valence-electron chi connectivity index (χ4n) is 19.4. The number of benzene rings is 4. The van der Waals surface area contributed by atoms with Gasteiger partial charge >= 0.3 is 0 Å². The summed E-state index contributed by atoms with van der Waals surface area (Å²) in [6, 6.07) is 23.6. The van der Waals surface area contributed by atoms with Crippen LogP contribution in [0.15, 0.2) is 72.8 Å². The molecule has 2 saturated carbocycles. The molecule has 4 aromatic rings. The van der Waals surface area contributed by atoms with Gasteiger partial charge in [-0.1, -0.05) is 62.0 Å². The van der Waals surface area contributed by atoms with Crippen molar-refractivity contribution in [3.8, 4) is 11.5 Å². The minimum Gasteiger partial charge on any atom is -0.490 e. The molecule has 2 saturated heterocycles. The summed E-state index contributed by atoms with van der Waals surface area (Å²) in [6.07, 6.45) is 16.3. The van der Waals surface area contributed by atoms with Gasteiger partial charge in [-0.2, -0.15) is 0 Å². The highest BCUT2D eigenvalue weighted by molar-refractivity contribution is 7.99. The van der Waals surface area contributed by atoms with Gasteiger partial charge in [-0.05, 0) is 240 Å². The molecule has 4 fully saturated rings. The van der Waals surface area contributed by atoms with Crippen LogP contribution in [0.25, 0.3) is 0 Å². The molecule has 2 N–H and O–H groups in total. The molecule has 23 heteroatoms. The van der Waals surface area contributed by atoms with Crippen LogP contribution in [0.1, 0.15) is 161 Å². The molecule has 4 amide bonds. The maximum Gasteiger partial charge on any atom is 0.264 e. The van der Waals surface area contributed by atoms with Crippen molar-refractivity contribution in [1.82, 2.24) is 29.0 Å². The summed E-state index contributed by atoms with van der Waals surface area (Å²) in [5.74, 6) is 7.76. The molecule has 6 heterocycles. The number of fused-ring (bicyclic) bond motifs is 8. The first-order valence-electron chi connectivity index (χ1n) is 38.8. The molecule has 14 rings (SSSR count). The Balaban J connectivity index is 0.000000185. The van der Waals surface area contributed by atoms with Crippen molar-refractivity contribution in [3.05, 3.63) is 116 Å². The summed E-state index contributed by atoms with van der Waals surface area (Å²) in [4.78, 5) is 67.1. The molecule has 6 aliphatic heterocycles. The number of piperazine rings is 2. The number of nitrogens with one attached hydrogen (secondary N) is 2. The van der Waals surface area contributed by atoms with Crippen LogP contribution in [-0.4, -0.2) is 204 Å². The topological polar surface area (TPSA) is 200 Å². The first kappa shape index (κ1) is 76.5. The highest BCUT2D eigenvalue weighted by atomic mass is 35.5. The summed E-state index contributed by atoms with van der Waals surface area (Å²) >= 11 is 13.0. The zero-order valence-electron chi connectivity index (χ0n) is 62.2. The van der Waals surface area contributed by atoms with Gasteiger partial charge in [0.25, 0.3) is 11.8 Å². The molecule has 0 radical (unpaired) electrons. The minimum absolute atomic E-state index is 0.123. The molecule has 0 aromatic heterocycles. The lowest BCUT2D eigenvalue weighted by atomic mass is 9.65. The SMILES string of the molecule is C=S1(=O)NC(=O)c2ccc3c(c2)N(C[C@@H]2CC[C@H]2[C@H](CN2CCN(CCOC)C(=O)C2)CCC[C@H](C)[C@H]1C)C[C@@]1(CCCc2cc(Cl)ccc21)CO3.COCCN1CCN(C[C@H]2CCC[C@H](C)[C@@H](C)S(=O)(=O)NC(=O)c3ccc4c(c3)N(C[C@@H]3CC[C@@H]23)C[C@@]2(CCCc3cc(Cl)ccc32)CO4)CC1=O. The van der Waals surface area contributed by atoms with E-state index in [9.17, 15) is 31.8 Å². The maximum atomic E-state index is 14.0. The summed E-state index contributed by atoms with van der Waals surface area (Å²) in [7, 11) is -3.48. The predicted octanol–water partition coefficient (Wildman–Crippen LogP) is 11.3. The van der Waals surface area contributed by atoms with Gasteiger partial charge in [0.15, 0.2) is 0 Å². The van der Waals surface area contributed by atoms with Gasteiger partial charge < -0.3 is 38.5 Å². The number of sulfonamides is 1. The van der Waals surface area contributed by atoms with Crippen LogP contribution < -0.4 is 28.7 Å². The Bertz CT molecular complexity index is 3760. The number of aryl methyl sites for hydroxylation is 2.